The number of methoxy groups -OCH3 is 1. The highest BCUT2D eigenvalue weighted by molar-refractivity contribution is 14.1. The average molecular weight is 392 g/mol. The first-order chi connectivity index (χ1) is 9.69. The molecule has 20 heavy (non-hydrogen) atoms. The highest BCUT2D eigenvalue weighted by Crippen LogP contribution is 2.25. The Labute approximate surface area is 133 Å². The Kier molecular flexibility index (Phi) is 5.94. The maximum atomic E-state index is 5.83. The number of anilines is 1. The van der Waals surface area contributed by atoms with Crippen LogP contribution in [0.4, 0.5) is 5.82 Å². The van der Waals surface area contributed by atoms with Gasteiger partial charge in [0.05, 0.1) is 22.5 Å². The van der Waals surface area contributed by atoms with Crippen molar-refractivity contribution in [3.63, 3.8) is 0 Å². The third kappa shape index (κ3) is 3.57. The Hall–Kier alpha value is -0.510. The SMILES string of the molecule is CCN1CCOC(c2nc(COC)c(I)c(NC)n2)C1. The van der Waals surface area contributed by atoms with Crippen LogP contribution in [-0.4, -0.2) is 55.3 Å². The maximum absolute atomic E-state index is 5.83. The fourth-order valence-electron chi connectivity index (χ4n) is 2.20. The van der Waals surface area contributed by atoms with Gasteiger partial charge in [-0.05, 0) is 29.1 Å². The van der Waals surface area contributed by atoms with Gasteiger partial charge in [-0.3, -0.25) is 4.90 Å². The van der Waals surface area contributed by atoms with Crippen LogP contribution >= 0.6 is 22.6 Å². The molecule has 1 aromatic heterocycles. The Balaban J connectivity index is 2.28. The van der Waals surface area contributed by atoms with E-state index in [4.69, 9.17) is 9.47 Å². The van der Waals surface area contributed by atoms with Gasteiger partial charge < -0.3 is 14.8 Å². The fraction of sp³-hybridized carbons (Fsp3) is 0.692. The molecule has 1 N–H and O–H groups in total. The number of nitrogens with zero attached hydrogens (tertiary/aromatic N) is 3. The number of ether oxygens (including phenoxy) is 2. The van der Waals surface area contributed by atoms with E-state index in [2.05, 4.69) is 49.7 Å². The zero-order valence-electron chi connectivity index (χ0n) is 12.1. The van der Waals surface area contributed by atoms with E-state index in [0.717, 1.165) is 47.1 Å². The molecule has 1 saturated heterocycles. The van der Waals surface area contributed by atoms with Crippen molar-refractivity contribution >= 4 is 28.4 Å². The van der Waals surface area contributed by atoms with Gasteiger partial charge in [-0.25, -0.2) is 9.97 Å². The van der Waals surface area contributed by atoms with Crippen LogP contribution in [-0.2, 0) is 16.1 Å². The van der Waals surface area contributed by atoms with Crippen molar-refractivity contribution in [2.24, 2.45) is 0 Å². The molecular weight excluding hydrogens is 371 g/mol. The lowest BCUT2D eigenvalue weighted by Crippen LogP contribution is -2.38. The van der Waals surface area contributed by atoms with E-state index in [9.17, 15) is 0 Å². The van der Waals surface area contributed by atoms with E-state index in [1.165, 1.54) is 0 Å². The molecule has 0 aliphatic carbocycles. The molecule has 0 radical (unpaired) electrons. The summed E-state index contributed by atoms with van der Waals surface area (Å²) in [5.74, 6) is 1.57. The zero-order valence-corrected chi connectivity index (χ0v) is 14.3. The minimum atomic E-state index is -0.0663. The molecule has 0 aromatic carbocycles. The van der Waals surface area contributed by atoms with Crippen LogP contribution in [0.15, 0.2) is 0 Å². The lowest BCUT2D eigenvalue weighted by molar-refractivity contribution is -0.0327. The molecule has 0 saturated carbocycles. The first-order valence-corrected chi connectivity index (χ1v) is 7.84. The quantitative estimate of drug-likeness (QED) is 0.770. The summed E-state index contributed by atoms with van der Waals surface area (Å²) in [5.41, 5.74) is 0.902. The summed E-state index contributed by atoms with van der Waals surface area (Å²) in [6.07, 6.45) is -0.0663. The second kappa shape index (κ2) is 7.48. The van der Waals surface area contributed by atoms with Crippen LogP contribution in [0.1, 0.15) is 24.5 Å². The summed E-state index contributed by atoms with van der Waals surface area (Å²) in [7, 11) is 3.54. The molecule has 0 bridgehead atoms. The minimum absolute atomic E-state index is 0.0663. The van der Waals surface area contributed by atoms with Gasteiger partial charge in [-0.15, -0.1) is 0 Å². The summed E-state index contributed by atoms with van der Waals surface area (Å²) in [6.45, 7) is 6.20. The molecule has 1 fully saturated rings. The van der Waals surface area contributed by atoms with Crippen LogP contribution < -0.4 is 5.32 Å². The molecule has 1 atom stereocenters. The lowest BCUT2D eigenvalue weighted by Gasteiger charge is -2.31. The highest BCUT2D eigenvalue weighted by Gasteiger charge is 2.25. The van der Waals surface area contributed by atoms with E-state index >= 15 is 0 Å². The van der Waals surface area contributed by atoms with E-state index < -0.39 is 0 Å². The van der Waals surface area contributed by atoms with Crippen molar-refractivity contribution in [2.75, 3.05) is 45.7 Å². The number of nitrogens with one attached hydrogen (secondary N) is 1. The van der Waals surface area contributed by atoms with E-state index in [-0.39, 0.29) is 6.10 Å². The minimum Gasteiger partial charge on any atom is -0.378 e. The van der Waals surface area contributed by atoms with Crippen LogP contribution in [0, 0.1) is 3.57 Å². The predicted molar refractivity (Wildman–Crippen MR) is 85.8 cm³/mol. The molecule has 7 heteroatoms. The maximum Gasteiger partial charge on any atom is 0.161 e. The summed E-state index contributed by atoms with van der Waals surface area (Å²) in [5, 5.41) is 3.12. The molecule has 1 aliphatic heterocycles. The molecule has 2 rings (SSSR count). The van der Waals surface area contributed by atoms with Gasteiger partial charge in [-0.2, -0.15) is 0 Å². The molecule has 1 unspecified atom stereocenters. The Morgan fingerprint density at radius 2 is 2.30 bits per heavy atom. The average Bonchev–Trinajstić information content (AvgIpc) is 2.49. The van der Waals surface area contributed by atoms with Crippen molar-refractivity contribution in [2.45, 2.75) is 19.6 Å². The molecule has 6 nitrogen and oxygen atoms in total. The molecule has 0 amide bonds. The van der Waals surface area contributed by atoms with E-state index in [0.29, 0.717) is 6.61 Å². The summed E-state index contributed by atoms with van der Waals surface area (Å²) in [6, 6.07) is 0. The number of hydrogen-bond donors (Lipinski definition) is 1. The number of aromatic nitrogens is 2. The summed E-state index contributed by atoms with van der Waals surface area (Å²) < 4.78 is 12.0. The number of hydrogen-bond acceptors (Lipinski definition) is 6. The molecule has 112 valence electrons. The van der Waals surface area contributed by atoms with Crippen molar-refractivity contribution in [1.82, 2.24) is 14.9 Å². The van der Waals surface area contributed by atoms with Gasteiger partial charge in [0.15, 0.2) is 5.82 Å². The van der Waals surface area contributed by atoms with Crippen molar-refractivity contribution in [3.05, 3.63) is 15.1 Å². The summed E-state index contributed by atoms with van der Waals surface area (Å²) in [4.78, 5) is 11.6. The zero-order chi connectivity index (χ0) is 14.5. The smallest absolute Gasteiger partial charge is 0.161 e. The first-order valence-electron chi connectivity index (χ1n) is 6.76. The van der Waals surface area contributed by atoms with Gasteiger partial charge >= 0.3 is 0 Å². The number of likely N-dealkylation sites (N-methyl/N-ethyl adjacent to an activating group) is 1. The van der Waals surface area contributed by atoms with E-state index in [1.807, 2.05) is 7.05 Å². The van der Waals surface area contributed by atoms with Gasteiger partial charge in [0.25, 0.3) is 0 Å². The highest BCUT2D eigenvalue weighted by atomic mass is 127. The topological polar surface area (TPSA) is 59.5 Å². The Bertz CT molecular complexity index is 458. The predicted octanol–water partition coefficient (Wildman–Crippen LogP) is 1.66. The monoisotopic (exact) mass is 392 g/mol. The van der Waals surface area contributed by atoms with Gasteiger partial charge in [0.1, 0.15) is 11.9 Å². The van der Waals surface area contributed by atoms with Gasteiger partial charge in [0, 0.05) is 27.2 Å². The number of morpholine rings is 1. The van der Waals surface area contributed by atoms with Crippen LogP contribution in [0.2, 0.25) is 0 Å². The third-order valence-corrected chi connectivity index (χ3v) is 4.47. The van der Waals surface area contributed by atoms with Crippen LogP contribution in [0.5, 0.6) is 0 Å². The largest absolute Gasteiger partial charge is 0.378 e. The fourth-order valence-corrected chi connectivity index (χ4v) is 2.87. The van der Waals surface area contributed by atoms with Crippen LogP contribution in [0.3, 0.4) is 0 Å². The van der Waals surface area contributed by atoms with Gasteiger partial charge in [0.2, 0.25) is 0 Å². The normalized spacial score (nSPS) is 20.1. The van der Waals surface area contributed by atoms with Crippen molar-refractivity contribution in [3.8, 4) is 0 Å². The lowest BCUT2D eigenvalue weighted by atomic mass is 10.2. The molecule has 1 aromatic rings. The van der Waals surface area contributed by atoms with E-state index in [1.54, 1.807) is 7.11 Å². The van der Waals surface area contributed by atoms with Gasteiger partial charge in [-0.1, -0.05) is 6.92 Å². The standard InChI is InChI=1S/C13H21IN4O2/c1-4-18-5-6-20-10(7-18)12-16-9(8-19-3)11(14)13(15-2)17-12/h10H,4-8H2,1-3H3,(H,15,16,17). The second-order valence-electron chi connectivity index (χ2n) is 4.63. The van der Waals surface area contributed by atoms with Crippen LogP contribution in [0.25, 0.3) is 0 Å². The molecule has 0 spiro atoms. The third-order valence-electron chi connectivity index (χ3n) is 3.34. The second-order valence-corrected chi connectivity index (χ2v) is 5.71. The molecule has 1 aliphatic rings. The Morgan fingerprint density at radius 1 is 1.50 bits per heavy atom. The Morgan fingerprint density at radius 3 is 2.95 bits per heavy atom. The number of halogens is 1. The summed E-state index contributed by atoms with van der Waals surface area (Å²) >= 11 is 2.24. The molecular formula is C13H21IN4O2. The van der Waals surface area contributed by atoms with Crippen molar-refractivity contribution in [1.29, 1.82) is 0 Å². The number of rotatable bonds is 5. The molecule has 2 heterocycles. The van der Waals surface area contributed by atoms with Crippen molar-refractivity contribution < 1.29 is 9.47 Å². The first kappa shape index (κ1) is 15.9.